The van der Waals surface area contributed by atoms with Gasteiger partial charge in [-0.15, -0.1) is 0 Å². The molecule has 1 amide bonds. The Morgan fingerprint density at radius 2 is 2.14 bits per heavy atom. The molecule has 1 fully saturated rings. The van der Waals surface area contributed by atoms with Crippen LogP contribution in [0.5, 0.6) is 0 Å². The molecule has 5 nitrogen and oxygen atoms in total. The first-order valence-electron chi connectivity index (χ1n) is 7.34. The molecule has 1 saturated heterocycles. The monoisotopic (exact) mass is 284 g/mol. The fourth-order valence-electron chi connectivity index (χ4n) is 3.03. The van der Waals surface area contributed by atoms with Crippen molar-refractivity contribution < 1.29 is 4.79 Å². The average molecular weight is 284 g/mol. The largest absolute Gasteiger partial charge is 0.364 e. The molecule has 1 atom stereocenters. The van der Waals surface area contributed by atoms with Gasteiger partial charge in [0.05, 0.1) is 11.4 Å². The average Bonchev–Trinajstić information content (AvgIpc) is 2.87. The van der Waals surface area contributed by atoms with Crippen LogP contribution in [0.25, 0.3) is 5.69 Å². The maximum absolute atomic E-state index is 11.9. The molecule has 0 spiro atoms. The fourth-order valence-corrected chi connectivity index (χ4v) is 3.03. The summed E-state index contributed by atoms with van der Waals surface area (Å²) in [6.07, 6.45) is 2.23. The second kappa shape index (κ2) is 5.69. The van der Waals surface area contributed by atoms with Crippen LogP contribution in [0.2, 0.25) is 0 Å². The molecule has 3 N–H and O–H groups in total. The number of hydrogen-bond donors (Lipinski definition) is 2. The van der Waals surface area contributed by atoms with Gasteiger partial charge in [-0.3, -0.25) is 4.79 Å². The minimum Gasteiger partial charge on any atom is -0.364 e. The molecular weight excluding hydrogens is 264 g/mol. The zero-order chi connectivity index (χ0) is 14.8. The summed E-state index contributed by atoms with van der Waals surface area (Å²) < 4.78 is 1.68. The van der Waals surface area contributed by atoms with E-state index in [1.165, 1.54) is 0 Å². The van der Waals surface area contributed by atoms with Crippen molar-refractivity contribution in [2.75, 3.05) is 13.1 Å². The van der Waals surface area contributed by atoms with E-state index in [0.717, 1.165) is 42.9 Å². The van der Waals surface area contributed by atoms with Crippen molar-refractivity contribution in [1.29, 1.82) is 0 Å². The van der Waals surface area contributed by atoms with Gasteiger partial charge in [0.1, 0.15) is 5.69 Å². The number of carbonyl (C=O) groups is 1. The molecule has 1 aliphatic heterocycles. The zero-order valence-corrected chi connectivity index (χ0v) is 12.2. The van der Waals surface area contributed by atoms with Gasteiger partial charge >= 0.3 is 0 Å². The lowest BCUT2D eigenvalue weighted by Crippen LogP contribution is -2.29. The summed E-state index contributed by atoms with van der Waals surface area (Å²) in [7, 11) is 0. The highest BCUT2D eigenvalue weighted by Crippen LogP contribution is 2.28. The number of benzene rings is 1. The number of amides is 1. The van der Waals surface area contributed by atoms with Gasteiger partial charge in [0.2, 0.25) is 0 Å². The van der Waals surface area contributed by atoms with Crippen LogP contribution in [-0.2, 0) is 0 Å². The Labute approximate surface area is 124 Å². The lowest BCUT2D eigenvalue weighted by atomic mass is 9.93. The first-order valence-corrected chi connectivity index (χ1v) is 7.34. The van der Waals surface area contributed by atoms with Crippen molar-refractivity contribution in [2.24, 2.45) is 5.73 Å². The summed E-state index contributed by atoms with van der Waals surface area (Å²) in [6.45, 7) is 3.90. The molecule has 5 heteroatoms. The van der Waals surface area contributed by atoms with E-state index in [4.69, 9.17) is 10.8 Å². The first kappa shape index (κ1) is 13.8. The minimum absolute atomic E-state index is 0.349. The highest BCUT2D eigenvalue weighted by atomic mass is 16.1. The minimum atomic E-state index is -0.432. The predicted octanol–water partition coefficient (Wildman–Crippen LogP) is 1.75. The van der Waals surface area contributed by atoms with E-state index >= 15 is 0 Å². The maximum atomic E-state index is 11.9. The Balaban J connectivity index is 2.09. The molecule has 1 aliphatic rings. The maximum Gasteiger partial charge on any atom is 0.267 e. The van der Waals surface area contributed by atoms with Gasteiger partial charge in [0, 0.05) is 18.0 Å². The van der Waals surface area contributed by atoms with Crippen molar-refractivity contribution in [3.05, 3.63) is 47.3 Å². The number of rotatable bonds is 3. The molecule has 0 radical (unpaired) electrons. The summed E-state index contributed by atoms with van der Waals surface area (Å²) in [5.74, 6) is -0.0827. The lowest BCUT2D eigenvalue weighted by molar-refractivity contribution is 0.0992. The Hall–Kier alpha value is -2.14. The van der Waals surface area contributed by atoms with Crippen LogP contribution in [0.1, 0.15) is 40.5 Å². The zero-order valence-electron chi connectivity index (χ0n) is 12.2. The van der Waals surface area contributed by atoms with Crippen LogP contribution in [-0.4, -0.2) is 28.8 Å². The van der Waals surface area contributed by atoms with Gasteiger partial charge in [0.15, 0.2) is 0 Å². The highest BCUT2D eigenvalue weighted by molar-refractivity contribution is 5.93. The predicted molar refractivity (Wildman–Crippen MR) is 81.7 cm³/mol. The summed E-state index contributed by atoms with van der Waals surface area (Å²) in [5.41, 5.74) is 8.82. The van der Waals surface area contributed by atoms with Gasteiger partial charge in [-0.2, -0.15) is 5.10 Å². The Kier molecular flexibility index (Phi) is 3.75. The summed E-state index contributed by atoms with van der Waals surface area (Å²) in [6, 6.07) is 9.66. The summed E-state index contributed by atoms with van der Waals surface area (Å²) in [5, 5.41) is 8.09. The van der Waals surface area contributed by atoms with Crippen LogP contribution in [0.15, 0.2) is 30.3 Å². The molecule has 0 saturated carbocycles. The number of nitrogens with one attached hydrogen (secondary N) is 1. The topological polar surface area (TPSA) is 72.9 Å². The van der Waals surface area contributed by atoms with Gasteiger partial charge < -0.3 is 11.1 Å². The molecule has 1 unspecified atom stereocenters. The van der Waals surface area contributed by atoms with Gasteiger partial charge in [-0.1, -0.05) is 18.2 Å². The van der Waals surface area contributed by atoms with Crippen molar-refractivity contribution in [3.8, 4) is 5.69 Å². The molecule has 21 heavy (non-hydrogen) atoms. The van der Waals surface area contributed by atoms with Crippen LogP contribution >= 0.6 is 0 Å². The third-order valence-corrected chi connectivity index (χ3v) is 4.08. The van der Waals surface area contributed by atoms with Crippen molar-refractivity contribution in [3.63, 3.8) is 0 Å². The van der Waals surface area contributed by atoms with Crippen LogP contribution < -0.4 is 11.1 Å². The van der Waals surface area contributed by atoms with E-state index in [1.54, 1.807) is 4.68 Å². The molecule has 2 aromatic rings. The second-order valence-corrected chi connectivity index (χ2v) is 5.51. The smallest absolute Gasteiger partial charge is 0.267 e. The van der Waals surface area contributed by atoms with Gasteiger partial charge in [-0.05, 0) is 38.4 Å². The van der Waals surface area contributed by atoms with Gasteiger partial charge in [0.25, 0.3) is 5.91 Å². The normalized spacial score (nSPS) is 18.6. The Morgan fingerprint density at radius 3 is 2.76 bits per heavy atom. The van der Waals surface area contributed by atoms with E-state index in [9.17, 15) is 4.79 Å². The third-order valence-electron chi connectivity index (χ3n) is 4.08. The van der Waals surface area contributed by atoms with Crippen LogP contribution in [0.3, 0.4) is 0 Å². The van der Waals surface area contributed by atoms with E-state index in [1.807, 2.05) is 37.3 Å². The molecule has 1 aromatic carbocycles. The number of nitrogens with two attached hydrogens (primary N) is 1. The number of para-hydroxylation sites is 1. The van der Waals surface area contributed by atoms with Crippen molar-refractivity contribution >= 4 is 5.91 Å². The van der Waals surface area contributed by atoms with Crippen LogP contribution in [0.4, 0.5) is 0 Å². The Bertz CT molecular complexity index is 642. The molecule has 0 bridgehead atoms. The molecule has 110 valence electrons. The number of primary amides is 1. The fraction of sp³-hybridized carbons (Fsp3) is 0.375. The quantitative estimate of drug-likeness (QED) is 0.902. The molecule has 2 heterocycles. The standard InChI is InChI=1S/C16H20N4O/c1-11-14(12-6-5-9-18-10-12)19-20(15(11)16(17)21)13-7-3-2-4-8-13/h2-4,7-8,12,18H,5-6,9-10H2,1H3,(H2,17,21). The van der Waals surface area contributed by atoms with E-state index in [0.29, 0.717) is 11.6 Å². The highest BCUT2D eigenvalue weighted by Gasteiger charge is 2.26. The van der Waals surface area contributed by atoms with Crippen molar-refractivity contribution in [1.82, 2.24) is 15.1 Å². The molecular formula is C16H20N4O. The molecule has 0 aliphatic carbocycles. The Morgan fingerprint density at radius 1 is 1.38 bits per heavy atom. The summed E-state index contributed by atoms with van der Waals surface area (Å²) in [4.78, 5) is 11.9. The molecule has 3 rings (SSSR count). The number of carbonyl (C=O) groups excluding carboxylic acids is 1. The third kappa shape index (κ3) is 2.56. The number of nitrogens with zero attached hydrogens (tertiary/aromatic N) is 2. The first-order chi connectivity index (χ1) is 10.2. The number of hydrogen-bond acceptors (Lipinski definition) is 3. The summed E-state index contributed by atoms with van der Waals surface area (Å²) >= 11 is 0. The lowest BCUT2D eigenvalue weighted by Gasteiger charge is -2.21. The SMILES string of the molecule is Cc1c(C2CCCNC2)nn(-c2ccccc2)c1C(N)=O. The van der Waals surface area contributed by atoms with Crippen LogP contribution in [0, 0.1) is 6.92 Å². The van der Waals surface area contributed by atoms with Gasteiger partial charge in [-0.25, -0.2) is 4.68 Å². The number of aromatic nitrogens is 2. The number of piperidine rings is 1. The second-order valence-electron chi connectivity index (χ2n) is 5.51. The molecule has 1 aromatic heterocycles. The van der Waals surface area contributed by atoms with E-state index in [-0.39, 0.29) is 0 Å². The van der Waals surface area contributed by atoms with Crippen molar-refractivity contribution in [2.45, 2.75) is 25.7 Å². The van der Waals surface area contributed by atoms with E-state index in [2.05, 4.69) is 5.32 Å². The van der Waals surface area contributed by atoms with E-state index < -0.39 is 5.91 Å².